The molecule has 152 valence electrons. The summed E-state index contributed by atoms with van der Waals surface area (Å²) in [6.07, 6.45) is 5.29. The first-order valence-electron chi connectivity index (χ1n) is 9.98. The fourth-order valence-corrected chi connectivity index (χ4v) is 4.36. The Balaban J connectivity index is 1.29. The van der Waals surface area contributed by atoms with Crippen LogP contribution in [0.25, 0.3) is 11.5 Å². The smallest absolute Gasteiger partial charge is 0.250 e. The van der Waals surface area contributed by atoms with Crippen molar-refractivity contribution in [2.45, 2.75) is 49.2 Å². The highest BCUT2D eigenvalue weighted by Crippen LogP contribution is 2.30. The second-order valence-electron chi connectivity index (χ2n) is 7.60. The SMILES string of the molecule is CC(C)Sc1ccc(CC(=O)N2CCC(c3nnc(-c4ccoc4)o3)CC2)cc1. The van der Waals surface area contributed by atoms with Crippen LogP contribution in [0.3, 0.4) is 0 Å². The first-order valence-corrected chi connectivity index (χ1v) is 10.9. The molecule has 0 radical (unpaired) electrons. The maximum absolute atomic E-state index is 12.7. The van der Waals surface area contributed by atoms with Crippen molar-refractivity contribution in [1.82, 2.24) is 15.1 Å². The lowest BCUT2D eigenvalue weighted by molar-refractivity contribution is -0.131. The van der Waals surface area contributed by atoms with E-state index in [0.29, 0.717) is 36.5 Å². The number of piperidine rings is 1. The molecule has 0 atom stereocenters. The molecular formula is C22H25N3O3S. The average molecular weight is 412 g/mol. The normalized spacial score (nSPS) is 15.2. The minimum absolute atomic E-state index is 0.178. The predicted molar refractivity (Wildman–Crippen MR) is 112 cm³/mol. The molecule has 0 unspecified atom stereocenters. The number of benzene rings is 1. The van der Waals surface area contributed by atoms with Gasteiger partial charge in [-0.1, -0.05) is 26.0 Å². The highest BCUT2D eigenvalue weighted by Gasteiger charge is 2.27. The van der Waals surface area contributed by atoms with Crippen LogP contribution in [-0.2, 0) is 11.2 Å². The number of aromatic nitrogens is 2. The minimum Gasteiger partial charge on any atom is -0.472 e. The van der Waals surface area contributed by atoms with Crippen LogP contribution in [0.5, 0.6) is 0 Å². The molecular weight excluding hydrogens is 386 g/mol. The van der Waals surface area contributed by atoms with Crippen molar-refractivity contribution in [3.8, 4) is 11.5 Å². The summed E-state index contributed by atoms with van der Waals surface area (Å²) in [6.45, 7) is 5.79. The molecule has 7 heteroatoms. The number of carbonyl (C=O) groups excluding carboxylic acids is 1. The Morgan fingerprint density at radius 2 is 1.93 bits per heavy atom. The van der Waals surface area contributed by atoms with Gasteiger partial charge in [0.1, 0.15) is 6.26 Å². The number of rotatable bonds is 6. The maximum Gasteiger partial charge on any atom is 0.250 e. The zero-order chi connectivity index (χ0) is 20.2. The molecule has 1 fully saturated rings. The van der Waals surface area contributed by atoms with Crippen LogP contribution < -0.4 is 0 Å². The molecule has 6 nitrogen and oxygen atoms in total. The fourth-order valence-electron chi connectivity index (χ4n) is 3.52. The third-order valence-corrected chi connectivity index (χ3v) is 6.07. The summed E-state index contributed by atoms with van der Waals surface area (Å²) in [5, 5.41) is 8.86. The Morgan fingerprint density at radius 1 is 1.17 bits per heavy atom. The molecule has 1 aliphatic heterocycles. The van der Waals surface area contributed by atoms with Crippen molar-refractivity contribution >= 4 is 17.7 Å². The Labute approximate surface area is 174 Å². The molecule has 1 aliphatic rings. The van der Waals surface area contributed by atoms with Crippen molar-refractivity contribution < 1.29 is 13.6 Å². The van der Waals surface area contributed by atoms with Gasteiger partial charge in [-0.05, 0) is 36.6 Å². The number of hydrogen-bond acceptors (Lipinski definition) is 6. The lowest BCUT2D eigenvalue weighted by Crippen LogP contribution is -2.38. The zero-order valence-electron chi connectivity index (χ0n) is 16.7. The van der Waals surface area contributed by atoms with Gasteiger partial charge in [-0.25, -0.2) is 0 Å². The number of hydrogen-bond donors (Lipinski definition) is 0. The molecule has 4 rings (SSSR count). The van der Waals surface area contributed by atoms with E-state index in [9.17, 15) is 4.79 Å². The molecule has 0 saturated carbocycles. The summed E-state index contributed by atoms with van der Waals surface area (Å²) in [4.78, 5) is 15.9. The summed E-state index contributed by atoms with van der Waals surface area (Å²) in [7, 11) is 0. The summed E-state index contributed by atoms with van der Waals surface area (Å²) in [5.41, 5.74) is 1.85. The molecule has 0 N–H and O–H groups in total. The lowest BCUT2D eigenvalue weighted by Gasteiger charge is -2.30. The van der Waals surface area contributed by atoms with Gasteiger partial charge >= 0.3 is 0 Å². The van der Waals surface area contributed by atoms with Gasteiger partial charge in [0.25, 0.3) is 5.89 Å². The van der Waals surface area contributed by atoms with Gasteiger partial charge in [0, 0.05) is 29.2 Å². The largest absolute Gasteiger partial charge is 0.472 e. The second-order valence-corrected chi connectivity index (χ2v) is 9.25. The van der Waals surface area contributed by atoms with E-state index in [1.807, 2.05) is 16.7 Å². The Bertz CT molecular complexity index is 927. The van der Waals surface area contributed by atoms with Crippen LogP contribution >= 0.6 is 11.8 Å². The van der Waals surface area contributed by atoms with Gasteiger partial charge in [-0.15, -0.1) is 22.0 Å². The van der Waals surface area contributed by atoms with Crippen LogP contribution in [0.1, 0.15) is 44.1 Å². The Kier molecular flexibility index (Phi) is 6.04. The average Bonchev–Trinajstić information content (AvgIpc) is 3.41. The lowest BCUT2D eigenvalue weighted by atomic mass is 9.96. The molecule has 1 amide bonds. The number of thioether (sulfide) groups is 1. The first kappa shape index (κ1) is 19.8. The summed E-state index contributed by atoms with van der Waals surface area (Å²) in [5.74, 6) is 1.50. The van der Waals surface area contributed by atoms with Crippen LogP contribution in [0.15, 0.2) is 56.6 Å². The zero-order valence-corrected chi connectivity index (χ0v) is 17.5. The molecule has 1 saturated heterocycles. The van der Waals surface area contributed by atoms with Crippen LogP contribution in [0.2, 0.25) is 0 Å². The van der Waals surface area contributed by atoms with E-state index in [4.69, 9.17) is 8.83 Å². The molecule has 0 bridgehead atoms. The molecule has 29 heavy (non-hydrogen) atoms. The van der Waals surface area contributed by atoms with Crippen molar-refractivity contribution in [2.75, 3.05) is 13.1 Å². The molecule has 0 spiro atoms. The monoisotopic (exact) mass is 411 g/mol. The van der Waals surface area contributed by atoms with Crippen molar-refractivity contribution in [3.05, 3.63) is 54.3 Å². The van der Waals surface area contributed by atoms with E-state index in [0.717, 1.165) is 24.0 Å². The topological polar surface area (TPSA) is 72.4 Å². The van der Waals surface area contributed by atoms with E-state index in [1.165, 1.54) is 4.90 Å². The van der Waals surface area contributed by atoms with Gasteiger partial charge in [0.15, 0.2) is 0 Å². The summed E-state index contributed by atoms with van der Waals surface area (Å²) >= 11 is 1.83. The molecule has 3 aromatic rings. The number of nitrogens with zero attached hydrogens (tertiary/aromatic N) is 3. The fraction of sp³-hybridized carbons (Fsp3) is 0.409. The predicted octanol–water partition coefficient (Wildman–Crippen LogP) is 4.78. The number of amides is 1. The first-order chi connectivity index (χ1) is 14.1. The second kappa shape index (κ2) is 8.86. The van der Waals surface area contributed by atoms with Gasteiger partial charge < -0.3 is 13.7 Å². The van der Waals surface area contributed by atoms with Crippen molar-refractivity contribution in [1.29, 1.82) is 0 Å². The number of furan rings is 1. The van der Waals surface area contributed by atoms with E-state index in [2.05, 4.69) is 48.3 Å². The van der Waals surface area contributed by atoms with Gasteiger partial charge in [0.2, 0.25) is 11.8 Å². The van der Waals surface area contributed by atoms with Crippen LogP contribution in [-0.4, -0.2) is 39.3 Å². The van der Waals surface area contributed by atoms with E-state index in [1.54, 1.807) is 18.6 Å². The highest BCUT2D eigenvalue weighted by atomic mass is 32.2. The molecule has 2 aromatic heterocycles. The Morgan fingerprint density at radius 3 is 2.59 bits per heavy atom. The number of likely N-dealkylation sites (tertiary alicyclic amines) is 1. The highest BCUT2D eigenvalue weighted by molar-refractivity contribution is 7.99. The van der Waals surface area contributed by atoms with Crippen molar-refractivity contribution in [3.63, 3.8) is 0 Å². The van der Waals surface area contributed by atoms with Gasteiger partial charge in [0.05, 0.1) is 18.2 Å². The quantitative estimate of drug-likeness (QED) is 0.544. The van der Waals surface area contributed by atoms with Crippen molar-refractivity contribution in [2.24, 2.45) is 0 Å². The Hall–Kier alpha value is -2.54. The van der Waals surface area contributed by atoms with Gasteiger partial charge in [-0.3, -0.25) is 4.79 Å². The van der Waals surface area contributed by atoms with E-state index in [-0.39, 0.29) is 11.8 Å². The van der Waals surface area contributed by atoms with E-state index < -0.39 is 0 Å². The maximum atomic E-state index is 12.7. The van der Waals surface area contributed by atoms with Crippen LogP contribution in [0, 0.1) is 0 Å². The van der Waals surface area contributed by atoms with Gasteiger partial charge in [-0.2, -0.15) is 0 Å². The minimum atomic E-state index is 0.178. The summed E-state index contributed by atoms with van der Waals surface area (Å²) < 4.78 is 10.9. The third-order valence-electron chi connectivity index (χ3n) is 5.06. The molecule has 1 aromatic carbocycles. The van der Waals surface area contributed by atoms with E-state index >= 15 is 0 Å². The third kappa shape index (κ3) is 4.90. The van der Waals surface area contributed by atoms with Crippen LogP contribution in [0.4, 0.5) is 0 Å². The standard InChI is InChI=1S/C22H25N3O3S/c1-15(2)29-19-5-3-16(4-6-19)13-20(26)25-10-7-17(8-11-25)21-23-24-22(28-21)18-9-12-27-14-18/h3-6,9,12,14-15,17H,7-8,10-11,13H2,1-2H3. The summed E-state index contributed by atoms with van der Waals surface area (Å²) in [6, 6.07) is 10.1. The molecule has 3 heterocycles. The molecule has 0 aliphatic carbocycles. The number of carbonyl (C=O) groups is 1.